The number of anilines is 2. The summed E-state index contributed by atoms with van der Waals surface area (Å²) in [6.45, 7) is 7.46. The summed E-state index contributed by atoms with van der Waals surface area (Å²) < 4.78 is 0. The van der Waals surface area contributed by atoms with Gasteiger partial charge in [0, 0.05) is 44.5 Å². The summed E-state index contributed by atoms with van der Waals surface area (Å²) in [6.07, 6.45) is 0. The van der Waals surface area contributed by atoms with Crippen molar-refractivity contribution in [3.8, 4) is 0 Å². The molecule has 1 amide bonds. The summed E-state index contributed by atoms with van der Waals surface area (Å²) in [6, 6.07) is 19.0. The Morgan fingerprint density at radius 3 is 2.57 bits per heavy atom. The molecule has 1 aromatic heterocycles. The molecule has 3 aromatic rings. The Morgan fingerprint density at radius 1 is 1.13 bits per heavy atom. The molecule has 2 heterocycles. The Kier molecular flexibility index (Phi) is 6.27. The van der Waals surface area contributed by atoms with Gasteiger partial charge < -0.3 is 4.90 Å². The molecule has 1 saturated heterocycles. The van der Waals surface area contributed by atoms with Gasteiger partial charge >= 0.3 is 0 Å². The van der Waals surface area contributed by atoms with Crippen molar-refractivity contribution in [1.29, 1.82) is 0 Å². The highest BCUT2D eigenvalue weighted by Gasteiger charge is 2.27. The lowest BCUT2D eigenvalue weighted by molar-refractivity contribution is -0.115. The van der Waals surface area contributed by atoms with Crippen molar-refractivity contribution in [2.75, 3.05) is 31.6 Å². The van der Waals surface area contributed by atoms with Crippen LogP contribution >= 0.6 is 11.3 Å². The number of thiazole rings is 1. The molecule has 1 atom stereocenters. The Balaban J connectivity index is 1.55. The maximum absolute atomic E-state index is 12.4. The number of nitrogens with zero attached hydrogens (tertiary/aromatic N) is 4. The van der Waals surface area contributed by atoms with E-state index < -0.39 is 0 Å². The molecule has 0 N–H and O–H groups in total. The zero-order chi connectivity index (χ0) is 21.1. The third kappa shape index (κ3) is 4.61. The monoisotopic (exact) mass is 420 g/mol. The van der Waals surface area contributed by atoms with Gasteiger partial charge in [-0.2, -0.15) is 0 Å². The lowest BCUT2D eigenvalue weighted by atomic mass is 10.0. The van der Waals surface area contributed by atoms with Crippen LogP contribution in [0.3, 0.4) is 0 Å². The van der Waals surface area contributed by atoms with Gasteiger partial charge in [-0.3, -0.25) is 14.6 Å². The molecular weight excluding hydrogens is 392 g/mol. The average Bonchev–Trinajstić information content (AvgIpc) is 3.19. The maximum atomic E-state index is 12.4. The second kappa shape index (κ2) is 9.08. The zero-order valence-corrected chi connectivity index (χ0v) is 18.6. The predicted molar refractivity (Wildman–Crippen MR) is 123 cm³/mol. The summed E-state index contributed by atoms with van der Waals surface area (Å²) in [7, 11) is 2.18. The summed E-state index contributed by atoms with van der Waals surface area (Å²) in [5, 5.41) is 2.81. The van der Waals surface area contributed by atoms with E-state index in [2.05, 4.69) is 52.6 Å². The normalized spacial score (nSPS) is 17.8. The van der Waals surface area contributed by atoms with E-state index in [0.717, 1.165) is 42.7 Å². The zero-order valence-electron chi connectivity index (χ0n) is 17.8. The number of aromatic nitrogens is 1. The standard InChI is InChI=1S/C24H28N4OS/c1-18-9-11-22(12-10-18)28(19(2)29)24-25-21(17-30-24)15-27-14-13-26(3)16-23(27)20-7-5-4-6-8-20/h4-12,17,23H,13-16H2,1-3H3. The number of aryl methyl sites for hydroxylation is 1. The van der Waals surface area contributed by atoms with Crippen molar-refractivity contribution >= 4 is 28.1 Å². The van der Waals surface area contributed by atoms with E-state index in [-0.39, 0.29) is 5.91 Å². The molecule has 0 spiro atoms. The second-order valence-corrected chi connectivity index (χ2v) is 8.81. The fraction of sp³-hybridized carbons (Fsp3) is 0.333. The van der Waals surface area contributed by atoms with Crippen LogP contribution in [0.4, 0.5) is 10.8 Å². The number of benzene rings is 2. The molecule has 30 heavy (non-hydrogen) atoms. The van der Waals surface area contributed by atoms with Crippen molar-refractivity contribution in [3.05, 3.63) is 76.8 Å². The number of carbonyl (C=O) groups excluding carboxylic acids is 1. The highest BCUT2D eigenvalue weighted by molar-refractivity contribution is 7.14. The van der Waals surface area contributed by atoms with Crippen molar-refractivity contribution in [1.82, 2.24) is 14.8 Å². The minimum atomic E-state index is -0.0264. The van der Waals surface area contributed by atoms with Crippen LogP contribution in [0.5, 0.6) is 0 Å². The van der Waals surface area contributed by atoms with Crippen LogP contribution < -0.4 is 4.90 Å². The molecule has 1 aliphatic heterocycles. The van der Waals surface area contributed by atoms with Gasteiger partial charge in [0.2, 0.25) is 5.91 Å². The van der Waals surface area contributed by atoms with Gasteiger partial charge in [0.1, 0.15) is 0 Å². The van der Waals surface area contributed by atoms with Crippen LogP contribution in [0, 0.1) is 6.92 Å². The molecule has 5 nitrogen and oxygen atoms in total. The lowest BCUT2D eigenvalue weighted by Crippen LogP contribution is -2.46. The first-order chi connectivity index (χ1) is 14.5. The number of hydrogen-bond donors (Lipinski definition) is 0. The molecule has 2 aromatic carbocycles. The van der Waals surface area contributed by atoms with Gasteiger partial charge in [0.25, 0.3) is 0 Å². The van der Waals surface area contributed by atoms with Gasteiger partial charge in [-0.15, -0.1) is 11.3 Å². The summed E-state index contributed by atoms with van der Waals surface area (Å²) in [4.78, 5) is 23.8. The molecule has 4 rings (SSSR count). The fourth-order valence-electron chi connectivity index (χ4n) is 3.94. The van der Waals surface area contributed by atoms with Crippen LogP contribution in [0.2, 0.25) is 0 Å². The largest absolute Gasteiger partial charge is 0.303 e. The van der Waals surface area contributed by atoms with E-state index in [1.807, 2.05) is 31.2 Å². The van der Waals surface area contributed by atoms with Crippen molar-refractivity contribution in [2.45, 2.75) is 26.4 Å². The molecule has 0 aliphatic carbocycles. The first kappa shape index (κ1) is 20.7. The van der Waals surface area contributed by atoms with Crippen molar-refractivity contribution < 1.29 is 4.79 Å². The van der Waals surface area contributed by atoms with Crippen molar-refractivity contribution in [3.63, 3.8) is 0 Å². The molecule has 0 bridgehead atoms. The van der Waals surface area contributed by atoms with Crippen LogP contribution in [-0.4, -0.2) is 47.4 Å². The Labute approximate surface area is 182 Å². The summed E-state index contributed by atoms with van der Waals surface area (Å²) >= 11 is 1.53. The highest BCUT2D eigenvalue weighted by Crippen LogP contribution is 2.31. The summed E-state index contributed by atoms with van der Waals surface area (Å²) in [5.74, 6) is -0.0264. The lowest BCUT2D eigenvalue weighted by Gasteiger charge is -2.40. The Hall–Kier alpha value is -2.54. The van der Waals surface area contributed by atoms with Crippen LogP contribution in [0.15, 0.2) is 60.0 Å². The maximum Gasteiger partial charge on any atom is 0.230 e. The predicted octanol–water partition coefficient (Wildman–Crippen LogP) is 4.62. The minimum absolute atomic E-state index is 0.0264. The van der Waals surface area contributed by atoms with Gasteiger partial charge in [-0.05, 0) is 31.7 Å². The topological polar surface area (TPSA) is 39.7 Å². The molecule has 1 unspecified atom stereocenters. The van der Waals surface area contributed by atoms with Gasteiger partial charge in [-0.1, -0.05) is 48.0 Å². The number of piperazine rings is 1. The van der Waals surface area contributed by atoms with Crippen molar-refractivity contribution in [2.24, 2.45) is 0 Å². The van der Waals surface area contributed by atoms with Crippen LogP contribution in [-0.2, 0) is 11.3 Å². The third-order valence-electron chi connectivity index (χ3n) is 5.58. The highest BCUT2D eigenvalue weighted by atomic mass is 32.1. The van der Waals surface area contributed by atoms with Gasteiger partial charge in [-0.25, -0.2) is 4.98 Å². The summed E-state index contributed by atoms with van der Waals surface area (Å²) in [5.41, 5.74) is 4.38. The molecule has 0 saturated carbocycles. The van der Waals surface area contributed by atoms with E-state index in [1.165, 1.54) is 22.5 Å². The number of likely N-dealkylation sites (N-methyl/N-ethyl adjacent to an activating group) is 1. The van der Waals surface area contributed by atoms with E-state index >= 15 is 0 Å². The number of amides is 1. The van der Waals surface area contributed by atoms with E-state index in [9.17, 15) is 4.79 Å². The minimum Gasteiger partial charge on any atom is -0.303 e. The van der Waals surface area contributed by atoms with E-state index in [1.54, 1.807) is 11.8 Å². The average molecular weight is 421 g/mol. The Morgan fingerprint density at radius 2 is 1.87 bits per heavy atom. The SMILES string of the molecule is CC(=O)N(c1ccc(C)cc1)c1nc(CN2CCN(C)CC2c2ccccc2)cs1. The van der Waals surface area contributed by atoms with Crippen LogP contribution in [0.1, 0.15) is 29.8 Å². The van der Waals surface area contributed by atoms with Gasteiger partial charge in [0.05, 0.1) is 11.4 Å². The smallest absolute Gasteiger partial charge is 0.230 e. The number of carbonyl (C=O) groups is 1. The molecule has 0 radical (unpaired) electrons. The number of rotatable bonds is 5. The molecular formula is C24H28N4OS. The molecule has 1 aliphatic rings. The molecule has 156 valence electrons. The van der Waals surface area contributed by atoms with E-state index in [4.69, 9.17) is 4.98 Å². The molecule has 6 heteroatoms. The van der Waals surface area contributed by atoms with Gasteiger partial charge in [0.15, 0.2) is 5.13 Å². The molecule has 1 fully saturated rings. The quantitative estimate of drug-likeness (QED) is 0.604. The third-order valence-corrected chi connectivity index (χ3v) is 6.46. The number of hydrogen-bond acceptors (Lipinski definition) is 5. The second-order valence-electron chi connectivity index (χ2n) is 7.97. The first-order valence-electron chi connectivity index (χ1n) is 10.3. The first-order valence-corrected chi connectivity index (χ1v) is 11.2. The van der Waals surface area contributed by atoms with E-state index in [0.29, 0.717) is 6.04 Å². The van der Waals surface area contributed by atoms with Crippen LogP contribution in [0.25, 0.3) is 0 Å². The fourth-order valence-corrected chi connectivity index (χ4v) is 4.82. The Bertz CT molecular complexity index is 986.